The van der Waals surface area contributed by atoms with E-state index in [1.807, 2.05) is 0 Å². The van der Waals surface area contributed by atoms with Crippen LogP contribution < -0.4 is 5.73 Å². The number of carbonyl (C=O) groups is 1. The van der Waals surface area contributed by atoms with Gasteiger partial charge in [-0.25, -0.2) is 4.37 Å². The smallest absolute Gasteiger partial charge is 0.311 e. The molecule has 1 aromatic heterocycles. The minimum atomic E-state index is -4.76. The van der Waals surface area contributed by atoms with Gasteiger partial charge in [0.25, 0.3) is 0 Å². The van der Waals surface area contributed by atoms with E-state index in [0.717, 1.165) is 0 Å². The standard InChI is InChI=1S/C7H7F3N2OS/c1-6(11,7(8,9)10)5(13)4-2-3-12-14-4/h2-3H,11H2,1H3. The number of nitrogens with two attached hydrogens (primary N) is 1. The van der Waals surface area contributed by atoms with Crippen LogP contribution in [-0.2, 0) is 0 Å². The Balaban J connectivity index is 3.01. The van der Waals surface area contributed by atoms with Crippen molar-refractivity contribution in [2.24, 2.45) is 5.73 Å². The predicted molar refractivity (Wildman–Crippen MR) is 45.1 cm³/mol. The van der Waals surface area contributed by atoms with Crippen LogP contribution in [0.15, 0.2) is 12.3 Å². The second-order valence-corrected chi connectivity index (χ2v) is 3.74. The summed E-state index contributed by atoms with van der Waals surface area (Å²) in [6, 6.07) is 1.21. The SMILES string of the molecule is CC(N)(C(=O)c1ccns1)C(F)(F)F. The van der Waals surface area contributed by atoms with Crippen molar-refractivity contribution in [3.8, 4) is 0 Å². The predicted octanol–water partition coefficient (Wildman–Crippen LogP) is 1.61. The Hall–Kier alpha value is -0.950. The van der Waals surface area contributed by atoms with Crippen molar-refractivity contribution >= 4 is 17.3 Å². The highest BCUT2D eigenvalue weighted by molar-refractivity contribution is 7.08. The molecular weight excluding hydrogens is 217 g/mol. The lowest BCUT2D eigenvalue weighted by Gasteiger charge is -2.24. The van der Waals surface area contributed by atoms with Crippen LogP contribution in [0.2, 0.25) is 0 Å². The first-order chi connectivity index (χ1) is 6.27. The number of hydrogen-bond acceptors (Lipinski definition) is 4. The zero-order chi connectivity index (χ0) is 11.0. The maximum atomic E-state index is 12.3. The number of aromatic nitrogens is 1. The van der Waals surface area contributed by atoms with E-state index in [1.165, 1.54) is 12.3 Å². The van der Waals surface area contributed by atoms with Gasteiger partial charge in [0.2, 0.25) is 5.78 Å². The number of ketones is 1. The summed E-state index contributed by atoms with van der Waals surface area (Å²) >= 11 is 0.694. The molecule has 7 heteroatoms. The van der Waals surface area contributed by atoms with E-state index >= 15 is 0 Å². The fourth-order valence-corrected chi connectivity index (χ4v) is 1.37. The highest BCUT2D eigenvalue weighted by Crippen LogP contribution is 2.31. The summed E-state index contributed by atoms with van der Waals surface area (Å²) in [5.41, 5.74) is 2.09. The first-order valence-corrected chi connectivity index (χ1v) is 4.35. The first-order valence-electron chi connectivity index (χ1n) is 3.58. The molecule has 14 heavy (non-hydrogen) atoms. The molecule has 78 valence electrons. The zero-order valence-electron chi connectivity index (χ0n) is 7.13. The van der Waals surface area contributed by atoms with E-state index in [9.17, 15) is 18.0 Å². The molecule has 0 saturated carbocycles. The van der Waals surface area contributed by atoms with Crippen LogP contribution in [-0.4, -0.2) is 21.9 Å². The first kappa shape index (κ1) is 11.1. The highest BCUT2D eigenvalue weighted by Gasteiger charge is 2.54. The Bertz CT molecular complexity index is 331. The lowest BCUT2D eigenvalue weighted by molar-refractivity contribution is -0.165. The largest absolute Gasteiger partial charge is 0.413 e. The third kappa shape index (κ3) is 1.78. The van der Waals surface area contributed by atoms with Crippen molar-refractivity contribution in [1.29, 1.82) is 0 Å². The highest BCUT2D eigenvalue weighted by atomic mass is 32.1. The van der Waals surface area contributed by atoms with Crippen molar-refractivity contribution in [3.63, 3.8) is 0 Å². The summed E-state index contributed by atoms with van der Waals surface area (Å²) in [7, 11) is 0. The number of carbonyl (C=O) groups excluding carboxylic acids is 1. The van der Waals surface area contributed by atoms with Crippen LogP contribution in [0.5, 0.6) is 0 Å². The molecule has 1 rings (SSSR count). The molecule has 0 saturated heterocycles. The van der Waals surface area contributed by atoms with Crippen LogP contribution in [0.25, 0.3) is 0 Å². The third-order valence-corrected chi connectivity index (χ3v) is 2.47. The van der Waals surface area contributed by atoms with Crippen LogP contribution in [0.4, 0.5) is 13.2 Å². The molecular formula is C7H7F3N2OS. The maximum absolute atomic E-state index is 12.3. The minimum absolute atomic E-state index is 0.0904. The summed E-state index contributed by atoms with van der Waals surface area (Å²) in [6.07, 6.45) is -3.50. The van der Waals surface area contributed by atoms with Gasteiger partial charge in [-0.2, -0.15) is 13.2 Å². The van der Waals surface area contributed by atoms with Gasteiger partial charge in [-0.05, 0) is 24.5 Å². The molecule has 0 fully saturated rings. The molecule has 1 aromatic rings. The molecule has 1 atom stereocenters. The second-order valence-electron chi connectivity index (χ2n) is 2.91. The zero-order valence-corrected chi connectivity index (χ0v) is 7.95. The number of alkyl halides is 3. The number of hydrogen-bond donors (Lipinski definition) is 1. The van der Waals surface area contributed by atoms with Crippen LogP contribution >= 0.6 is 11.5 Å². The second kappa shape index (κ2) is 3.32. The van der Waals surface area contributed by atoms with E-state index in [1.54, 1.807) is 0 Å². The van der Waals surface area contributed by atoms with Gasteiger partial charge in [-0.1, -0.05) is 0 Å². The van der Waals surface area contributed by atoms with E-state index in [4.69, 9.17) is 5.73 Å². The quantitative estimate of drug-likeness (QED) is 0.776. The van der Waals surface area contributed by atoms with Crippen LogP contribution in [0.1, 0.15) is 16.6 Å². The molecule has 0 aromatic carbocycles. The average molecular weight is 224 g/mol. The van der Waals surface area contributed by atoms with Crippen LogP contribution in [0.3, 0.4) is 0 Å². The lowest BCUT2D eigenvalue weighted by atomic mass is 9.96. The molecule has 0 spiro atoms. The summed E-state index contributed by atoms with van der Waals surface area (Å²) in [5.74, 6) is -1.16. The molecule has 1 unspecified atom stereocenters. The van der Waals surface area contributed by atoms with Crippen molar-refractivity contribution < 1.29 is 18.0 Å². The van der Waals surface area contributed by atoms with Gasteiger partial charge in [0, 0.05) is 6.20 Å². The Morgan fingerprint density at radius 1 is 1.57 bits per heavy atom. The van der Waals surface area contributed by atoms with E-state index < -0.39 is 17.5 Å². The Labute approximate surface area is 81.9 Å². The van der Waals surface area contributed by atoms with Gasteiger partial charge in [0.05, 0.1) is 4.88 Å². The maximum Gasteiger partial charge on any atom is 0.413 e. The molecule has 3 nitrogen and oxygen atoms in total. The summed E-state index contributed by atoms with van der Waals surface area (Å²) in [4.78, 5) is 11.2. The van der Waals surface area contributed by atoms with Gasteiger partial charge < -0.3 is 5.73 Å². The fourth-order valence-electron chi connectivity index (χ4n) is 0.718. The van der Waals surface area contributed by atoms with E-state index in [0.29, 0.717) is 18.5 Å². The molecule has 0 amide bonds. The summed E-state index contributed by atoms with van der Waals surface area (Å²) in [5, 5.41) is 0. The topological polar surface area (TPSA) is 56.0 Å². The third-order valence-electron chi connectivity index (χ3n) is 1.72. The summed E-state index contributed by atoms with van der Waals surface area (Å²) in [6.45, 7) is 0.648. The van der Waals surface area contributed by atoms with Crippen LogP contribution in [0, 0.1) is 0 Å². The van der Waals surface area contributed by atoms with Crippen molar-refractivity contribution in [2.45, 2.75) is 18.6 Å². The fraction of sp³-hybridized carbons (Fsp3) is 0.429. The number of halogens is 3. The minimum Gasteiger partial charge on any atom is -0.311 e. The van der Waals surface area contributed by atoms with E-state index in [-0.39, 0.29) is 4.88 Å². The number of Topliss-reactive ketones (excluding diaryl/α,β-unsaturated/α-hetero) is 1. The average Bonchev–Trinajstić information content (AvgIpc) is 2.52. The van der Waals surface area contributed by atoms with Gasteiger partial charge in [0.15, 0.2) is 5.54 Å². The van der Waals surface area contributed by atoms with Crippen molar-refractivity contribution in [2.75, 3.05) is 0 Å². The normalized spacial score (nSPS) is 16.4. The molecule has 0 aliphatic carbocycles. The molecule has 0 radical (unpaired) electrons. The monoisotopic (exact) mass is 224 g/mol. The Kier molecular flexibility index (Phi) is 2.64. The van der Waals surface area contributed by atoms with Crippen molar-refractivity contribution in [3.05, 3.63) is 17.1 Å². The molecule has 0 aliphatic heterocycles. The molecule has 0 bridgehead atoms. The molecule has 2 N–H and O–H groups in total. The molecule has 0 aliphatic rings. The number of rotatable bonds is 2. The number of nitrogens with zero attached hydrogens (tertiary/aromatic N) is 1. The lowest BCUT2D eigenvalue weighted by Crippen LogP contribution is -2.56. The van der Waals surface area contributed by atoms with Gasteiger partial charge >= 0.3 is 6.18 Å². The Morgan fingerprint density at radius 2 is 2.14 bits per heavy atom. The van der Waals surface area contributed by atoms with Crippen molar-refractivity contribution in [1.82, 2.24) is 4.37 Å². The molecule has 1 heterocycles. The van der Waals surface area contributed by atoms with Gasteiger partial charge in [-0.3, -0.25) is 4.79 Å². The summed E-state index contributed by atoms with van der Waals surface area (Å²) < 4.78 is 40.5. The Morgan fingerprint density at radius 3 is 2.50 bits per heavy atom. The van der Waals surface area contributed by atoms with E-state index in [2.05, 4.69) is 4.37 Å². The van der Waals surface area contributed by atoms with Gasteiger partial charge in [-0.15, -0.1) is 0 Å². The van der Waals surface area contributed by atoms with Gasteiger partial charge in [0.1, 0.15) is 0 Å².